The third-order valence-electron chi connectivity index (χ3n) is 4.56. The molecule has 1 aliphatic rings. The van der Waals surface area contributed by atoms with Crippen molar-refractivity contribution >= 4 is 11.6 Å². The number of amides is 1. The van der Waals surface area contributed by atoms with Gasteiger partial charge in [0.2, 0.25) is 5.91 Å². The first-order valence-corrected chi connectivity index (χ1v) is 9.05. The Hall–Kier alpha value is -2.41. The molecule has 0 spiro atoms. The van der Waals surface area contributed by atoms with E-state index in [4.69, 9.17) is 4.74 Å². The standard InChI is InChI=1S/C19H27N5O2/c1-15-12-16(22(2)3)13-17(21-15)18-14-23(10-11-26-18)19(25)6-4-8-24-9-5-7-20-24/h5,7,9,12-13,18H,4,6,8,10-11,14H2,1-3H3/t18-/m0/s1. The number of ether oxygens (including phenoxy) is 1. The van der Waals surface area contributed by atoms with E-state index in [1.165, 1.54) is 0 Å². The van der Waals surface area contributed by atoms with Gasteiger partial charge in [-0.15, -0.1) is 0 Å². The van der Waals surface area contributed by atoms with Gasteiger partial charge in [-0.3, -0.25) is 14.5 Å². The lowest BCUT2D eigenvalue weighted by atomic mass is 10.1. The van der Waals surface area contributed by atoms with E-state index in [2.05, 4.69) is 15.0 Å². The fourth-order valence-electron chi connectivity index (χ4n) is 3.14. The maximum absolute atomic E-state index is 12.6. The zero-order valence-corrected chi connectivity index (χ0v) is 15.8. The van der Waals surface area contributed by atoms with Crippen molar-refractivity contribution < 1.29 is 9.53 Å². The van der Waals surface area contributed by atoms with Gasteiger partial charge in [-0.1, -0.05) is 0 Å². The summed E-state index contributed by atoms with van der Waals surface area (Å²) in [6.45, 7) is 4.49. The average Bonchev–Trinajstić information content (AvgIpc) is 3.14. The van der Waals surface area contributed by atoms with E-state index < -0.39 is 0 Å². The predicted molar refractivity (Wildman–Crippen MR) is 100 cm³/mol. The lowest BCUT2D eigenvalue weighted by Gasteiger charge is -2.33. The average molecular weight is 357 g/mol. The molecule has 0 N–H and O–H groups in total. The van der Waals surface area contributed by atoms with Crippen molar-refractivity contribution in [3.63, 3.8) is 0 Å². The summed E-state index contributed by atoms with van der Waals surface area (Å²) in [5.74, 6) is 0.172. The van der Waals surface area contributed by atoms with Crippen molar-refractivity contribution in [1.82, 2.24) is 19.7 Å². The predicted octanol–water partition coefficient (Wildman–Crippen LogP) is 2.03. The van der Waals surface area contributed by atoms with Gasteiger partial charge in [0.1, 0.15) is 6.10 Å². The molecule has 1 aliphatic heterocycles. The molecule has 0 unspecified atom stereocenters. The third-order valence-corrected chi connectivity index (χ3v) is 4.56. The molecule has 7 heteroatoms. The van der Waals surface area contributed by atoms with Gasteiger partial charge < -0.3 is 14.5 Å². The van der Waals surface area contributed by atoms with Crippen LogP contribution in [0.4, 0.5) is 5.69 Å². The van der Waals surface area contributed by atoms with E-state index in [0.717, 1.165) is 30.0 Å². The molecule has 7 nitrogen and oxygen atoms in total. The van der Waals surface area contributed by atoms with Crippen LogP contribution in [0, 0.1) is 6.92 Å². The number of aromatic nitrogens is 3. The van der Waals surface area contributed by atoms with Crippen molar-refractivity contribution in [3.8, 4) is 0 Å². The number of nitrogens with zero attached hydrogens (tertiary/aromatic N) is 5. The van der Waals surface area contributed by atoms with E-state index in [0.29, 0.717) is 26.1 Å². The summed E-state index contributed by atoms with van der Waals surface area (Å²) in [4.78, 5) is 21.1. The lowest BCUT2D eigenvalue weighted by Crippen LogP contribution is -2.42. The number of carbonyl (C=O) groups is 1. The van der Waals surface area contributed by atoms with Crippen LogP contribution in [0.1, 0.15) is 30.3 Å². The molecule has 1 amide bonds. The number of hydrogen-bond donors (Lipinski definition) is 0. The molecule has 0 radical (unpaired) electrons. The molecule has 0 aliphatic carbocycles. The number of pyridine rings is 1. The second kappa shape index (κ2) is 8.31. The molecule has 2 aromatic rings. The van der Waals surface area contributed by atoms with Gasteiger partial charge in [0.25, 0.3) is 0 Å². The Morgan fingerprint density at radius 3 is 2.96 bits per heavy atom. The molecule has 3 rings (SSSR count). The lowest BCUT2D eigenvalue weighted by molar-refractivity contribution is -0.139. The van der Waals surface area contributed by atoms with Crippen LogP contribution in [-0.2, 0) is 16.1 Å². The van der Waals surface area contributed by atoms with Gasteiger partial charge in [-0.2, -0.15) is 5.10 Å². The number of rotatable bonds is 6. The Labute approximate surface area is 154 Å². The van der Waals surface area contributed by atoms with E-state index in [-0.39, 0.29) is 12.0 Å². The topological polar surface area (TPSA) is 63.5 Å². The fourth-order valence-corrected chi connectivity index (χ4v) is 3.14. The number of anilines is 1. The van der Waals surface area contributed by atoms with Gasteiger partial charge in [0.15, 0.2) is 0 Å². The molecular formula is C19H27N5O2. The SMILES string of the molecule is Cc1cc(N(C)C)cc([C@@H]2CN(C(=O)CCCn3cccn3)CCO2)n1. The van der Waals surface area contributed by atoms with E-state index in [1.807, 2.05) is 55.0 Å². The molecule has 1 saturated heterocycles. The summed E-state index contributed by atoms with van der Waals surface area (Å²) in [5, 5.41) is 4.17. The van der Waals surface area contributed by atoms with Crippen LogP contribution in [-0.4, -0.2) is 59.4 Å². The monoisotopic (exact) mass is 357 g/mol. The maximum Gasteiger partial charge on any atom is 0.222 e. The summed E-state index contributed by atoms with van der Waals surface area (Å²) in [6, 6.07) is 5.99. The summed E-state index contributed by atoms with van der Waals surface area (Å²) < 4.78 is 7.76. The molecule has 1 atom stereocenters. The van der Waals surface area contributed by atoms with Gasteiger partial charge in [-0.05, 0) is 31.5 Å². The van der Waals surface area contributed by atoms with E-state index in [9.17, 15) is 4.79 Å². The largest absolute Gasteiger partial charge is 0.378 e. The Morgan fingerprint density at radius 2 is 2.23 bits per heavy atom. The molecule has 3 heterocycles. The smallest absolute Gasteiger partial charge is 0.222 e. The minimum absolute atomic E-state index is 0.169. The minimum atomic E-state index is -0.169. The third kappa shape index (κ3) is 4.60. The molecule has 0 bridgehead atoms. The van der Waals surface area contributed by atoms with Gasteiger partial charge in [0, 0.05) is 57.4 Å². The van der Waals surface area contributed by atoms with Gasteiger partial charge in [-0.25, -0.2) is 0 Å². The van der Waals surface area contributed by atoms with Crippen molar-refractivity contribution in [2.45, 2.75) is 32.4 Å². The molecule has 26 heavy (non-hydrogen) atoms. The minimum Gasteiger partial charge on any atom is -0.378 e. The normalized spacial score (nSPS) is 17.3. The number of carbonyl (C=O) groups excluding carboxylic acids is 1. The van der Waals surface area contributed by atoms with Crippen LogP contribution in [0.3, 0.4) is 0 Å². The number of aryl methyl sites for hydroxylation is 2. The van der Waals surface area contributed by atoms with Gasteiger partial charge in [0.05, 0.1) is 18.8 Å². The Kier molecular flexibility index (Phi) is 5.88. The van der Waals surface area contributed by atoms with Crippen molar-refractivity contribution in [2.75, 3.05) is 38.7 Å². The van der Waals surface area contributed by atoms with Gasteiger partial charge >= 0.3 is 0 Å². The zero-order chi connectivity index (χ0) is 18.5. The van der Waals surface area contributed by atoms with Crippen molar-refractivity contribution in [2.24, 2.45) is 0 Å². The van der Waals surface area contributed by atoms with Crippen LogP contribution in [0.5, 0.6) is 0 Å². The van der Waals surface area contributed by atoms with E-state index >= 15 is 0 Å². The molecule has 0 saturated carbocycles. The second-order valence-electron chi connectivity index (χ2n) is 6.86. The highest BCUT2D eigenvalue weighted by Crippen LogP contribution is 2.25. The van der Waals surface area contributed by atoms with Crippen LogP contribution in [0.2, 0.25) is 0 Å². The molecule has 0 aromatic carbocycles. The molecule has 2 aromatic heterocycles. The first-order chi connectivity index (χ1) is 12.5. The van der Waals surface area contributed by atoms with Crippen molar-refractivity contribution in [3.05, 3.63) is 42.0 Å². The summed E-state index contributed by atoms with van der Waals surface area (Å²) in [6.07, 6.45) is 4.82. The highest BCUT2D eigenvalue weighted by Gasteiger charge is 2.26. The Balaban J connectivity index is 1.59. The Morgan fingerprint density at radius 1 is 1.38 bits per heavy atom. The first-order valence-electron chi connectivity index (χ1n) is 9.05. The van der Waals surface area contributed by atoms with E-state index in [1.54, 1.807) is 6.20 Å². The fraction of sp³-hybridized carbons (Fsp3) is 0.526. The zero-order valence-electron chi connectivity index (χ0n) is 15.8. The summed E-state index contributed by atoms with van der Waals surface area (Å²) in [5.41, 5.74) is 2.94. The molecule has 140 valence electrons. The van der Waals surface area contributed by atoms with Crippen LogP contribution in [0.25, 0.3) is 0 Å². The summed E-state index contributed by atoms with van der Waals surface area (Å²) in [7, 11) is 4.02. The molecular weight excluding hydrogens is 330 g/mol. The quantitative estimate of drug-likeness (QED) is 0.792. The van der Waals surface area contributed by atoms with Crippen LogP contribution < -0.4 is 4.90 Å². The van der Waals surface area contributed by atoms with Crippen molar-refractivity contribution in [1.29, 1.82) is 0 Å². The first kappa shape index (κ1) is 18.4. The number of morpholine rings is 1. The highest BCUT2D eigenvalue weighted by molar-refractivity contribution is 5.76. The van der Waals surface area contributed by atoms with Crippen LogP contribution >= 0.6 is 0 Å². The Bertz CT molecular complexity index is 730. The highest BCUT2D eigenvalue weighted by atomic mass is 16.5. The molecule has 1 fully saturated rings. The summed E-state index contributed by atoms with van der Waals surface area (Å²) >= 11 is 0. The number of hydrogen-bond acceptors (Lipinski definition) is 5. The van der Waals surface area contributed by atoms with Crippen LogP contribution in [0.15, 0.2) is 30.6 Å². The second-order valence-corrected chi connectivity index (χ2v) is 6.86. The maximum atomic E-state index is 12.6.